The third-order valence-corrected chi connectivity index (χ3v) is 3.65. The fourth-order valence-electron chi connectivity index (χ4n) is 2.38. The molecular formula is C16H24FNO3. The van der Waals surface area contributed by atoms with Crippen molar-refractivity contribution >= 4 is 0 Å². The average Bonchev–Trinajstić information content (AvgIpc) is 2.98. The van der Waals surface area contributed by atoms with Crippen LogP contribution in [-0.4, -0.2) is 43.7 Å². The molecule has 1 heterocycles. The molecule has 0 spiro atoms. The normalized spacial score (nSPS) is 21.4. The minimum absolute atomic E-state index is 0.0199. The minimum atomic E-state index is -0.581. The van der Waals surface area contributed by atoms with Gasteiger partial charge in [0, 0.05) is 19.2 Å². The third-order valence-electron chi connectivity index (χ3n) is 3.65. The molecule has 0 aliphatic carbocycles. The Morgan fingerprint density at radius 1 is 1.52 bits per heavy atom. The van der Waals surface area contributed by atoms with Gasteiger partial charge in [-0.25, -0.2) is 4.39 Å². The molecule has 1 aliphatic rings. The molecule has 1 fully saturated rings. The second-order valence-electron chi connectivity index (χ2n) is 5.51. The van der Waals surface area contributed by atoms with Gasteiger partial charge in [-0.05, 0) is 37.5 Å². The Balaban J connectivity index is 1.62. The van der Waals surface area contributed by atoms with Crippen molar-refractivity contribution in [3.8, 4) is 0 Å². The molecule has 4 nitrogen and oxygen atoms in total. The van der Waals surface area contributed by atoms with Crippen LogP contribution in [0.15, 0.2) is 24.3 Å². The standard InChI is InChI=1S/C16H24FNO3/c1-12(13-4-2-5-14(17)8-13)18-9-15(19)10-20-11-16-6-3-7-21-16/h2,4-5,8,12,15-16,18-19H,3,6-7,9-11H2,1H3/t12-,15?,16?/m0/s1. The van der Waals surface area contributed by atoms with Gasteiger partial charge in [0.25, 0.3) is 0 Å². The number of halogens is 1. The molecule has 5 heteroatoms. The predicted molar refractivity (Wildman–Crippen MR) is 78.6 cm³/mol. The van der Waals surface area contributed by atoms with Gasteiger partial charge in [-0.1, -0.05) is 12.1 Å². The number of hydrogen-bond donors (Lipinski definition) is 2. The second kappa shape index (κ2) is 8.44. The van der Waals surface area contributed by atoms with E-state index in [1.54, 1.807) is 6.07 Å². The molecule has 2 rings (SSSR count). The number of rotatable bonds is 8. The fourth-order valence-corrected chi connectivity index (χ4v) is 2.38. The third kappa shape index (κ3) is 5.71. The number of nitrogens with one attached hydrogen (secondary N) is 1. The van der Waals surface area contributed by atoms with E-state index >= 15 is 0 Å². The van der Waals surface area contributed by atoms with Crippen LogP contribution in [0.4, 0.5) is 4.39 Å². The Hall–Kier alpha value is -1.01. The summed E-state index contributed by atoms with van der Waals surface area (Å²) in [5.41, 5.74) is 0.863. The van der Waals surface area contributed by atoms with Crippen LogP contribution >= 0.6 is 0 Å². The van der Waals surface area contributed by atoms with Gasteiger partial charge in [0.05, 0.1) is 25.4 Å². The molecule has 2 N–H and O–H groups in total. The predicted octanol–water partition coefficient (Wildman–Crippen LogP) is 2.03. The van der Waals surface area contributed by atoms with Crippen LogP contribution in [0.25, 0.3) is 0 Å². The summed E-state index contributed by atoms with van der Waals surface area (Å²) in [6, 6.07) is 6.45. The van der Waals surface area contributed by atoms with E-state index in [4.69, 9.17) is 9.47 Å². The molecule has 1 aromatic rings. The van der Waals surface area contributed by atoms with Crippen LogP contribution < -0.4 is 5.32 Å². The van der Waals surface area contributed by atoms with Crippen LogP contribution in [0.3, 0.4) is 0 Å². The molecule has 2 unspecified atom stereocenters. The SMILES string of the molecule is C[C@H](NCC(O)COCC1CCCO1)c1cccc(F)c1. The van der Waals surface area contributed by atoms with Crippen molar-refractivity contribution in [1.82, 2.24) is 5.32 Å². The Labute approximate surface area is 125 Å². The highest BCUT2D eigenvalue weighted by Gasteiger charge is 2.16. The summed E-state index contributed by atoms with van der Waals surface area (Å²) < 4.78 is 24.0. The lowest BCUT2D eigenvalue weighted by Crippen LogP contribution is -2.33. The van der Waals surface area contributed by atoms with Crippen molar-refractivity contribution in [2.75, 3.05) is 26.4 Å². The number of hydrogen-bond acceptors (Lipinski definition) is 4. The van der Waals surface area contributed by atoms with Gasteiger partial charge in [-0.2, -0.15) is 0 Å². The second-order valence-corrected chi connectivity index (χ2v) is 5.51. The smallest absolute Gasteiger partial charge is 0.123 e. The van der Waals surface area contributed by atoms with Gasteiger partial charge in [-0.3, -0.25) is 0 Å². The molecule has 0 bridgehead atoms. The molecule has 0 amide bonds. The maximum Gasteiger partial charge on any atom is 0.123 e. The van der Waals surface area contributed by atoms with Crippen LogP contribution in [0.1, 0.15) is 31.4 Å². The molecular weight excluding hydrogens is 273 g/mol. The van der Waals surface area contributed by atoms with Gasteiger partial charge in [0.15, 0.2) is 0 Å². The molecule has 0 aromatic heterocycles. The van der Waals surface area contributed by atoms with E-state index < -0.39 is 6.10 Å². The van der Waals surface area contributed by atoms with Gasteiger partial charge < -0.3 is 19.9 Å². The van der Waals surface area contributed by atoms with E-state index in [1.165, 1.54) is 12.1 Å². The van der Waals surface area contributed by atoms with Gasteiger partial charge in [0.1, 0.15) is 5.82 Å². The van der Waals surface area contributed by atoms with Crippen molar-refractivity contribution in [2.45, 2.75) is 38.0 Å². The number of ether oxygens (including phenoxy) is 2. The summed E-state index contributed by atoms with van der Waals surface area (Å²) in [4.78, 5) is 0. The van der Waals surface area contributed by atoms with E-state index in [-0.39, 0.29) is 24.6 Å². The van der Waals surface area contributed by atoms with Crippen molar-refractivity contribution in [3.63, 3.8) is 0 Å². The van der Waals surface area contributed by atoms with Crippen molar-refractivity contribution in [3.05, 3.63) is 35.6 Å². The number of aliphatic hydroxyl groups excluding tert-OH is 1. The zero-order valence-corrected chi connectivity index (χ0v) is 12.4. The fraction of sp³-hybridized carbons (Fsp3) is 0.625. The summed E-state index contributed by atoms with van der Waals surface area (Å²) in [6.45, 7) is 3.97. The van der Waals surface area contributed by atoms with Gasteiger partial charge in [0.2, 0.25) is 0 Å². The van der Waals surface area contributed by atoms with E-state index in [0.29, 0.717) is 13.2 Å². The van der Waals surface area contributed by atoms with Gasteiger partial charge >= 0.3 is 0 Å². The molecule has 1 aliphatic heterocycles. The first-order chi connectivity index (χ1) is 10.1. The lowest BCUT2D eigenvalue weighted by atomic mass is 10.1. The summed E-state index contributed by atoms with van der Waals surface area (Å²) in [7, 11) is 0. The summed E-state index contributed by atoms with van der Waals surface area (Å²) in [5.74, 6) is -0.249. The minimum Gasteiger partial charge on any atom is -0.389 e. The largest absolute Gasteiger partial charge is 0.389 e. The Bertz CT molecular complexity index is 424. The van der Waals surface area contributed by atoms with E-state index in [0.717, 1.165) is 25.0 Å². The molecule has 0 radical (unpaired) electrons. The lowest BCUT2D eigenvalue weighted by molar-refractivity contribution is -0.0168. The molecule has 3 atom stereocenters. The maximum atomic E-state index is 13.1. The van der Waals surface area contributed by atoms with Crippen LogP contribution in [0.5, 0.6) is 0 Å². The summed E-state index contributed by atoms with van der Waals surface area (Å²) >= 11 is 0. The van der Waals surface area contributed by atoms with Crippen LogP contribution in [-0.2, 0) is 9.47 Å². The Morgan fingerprint density at radius 3 is 3.10 bits per heavy atom. The number of aliphatic hydroxyl groups is 1. The van der Waals surface area contributed by atoms with Crippen LogP contribution in [0.2, 0.25) is 0 Å². The first-order valence-electron chi connectivity index (χ1n) is 7.51. The zero-order chi connectivity index (χ0) is 15.1. The molecule has 118 valence electrons. The first kappa shape index (κ1) is 16.4. The quantitative estimate of drug-likeness (QED) is 0.771. The number of benzene rings is 1. The topological polar surface area (TPSA) is 50.7 Å². The molecule has 1 aromatic carbocycles. The van der Waals surface area contributed by atoms with Crippen molar-refractivity contribution < 1.29 is 19.0 Å². The summed E-state index contributed by atoms with van der Waals surface area (Å²) in [5, 5.41) is 13.0. The van der Waals surface area contributed by atoms with Crippen molar-refractivity contribution in [1.29, 1.82) is 0 Å². The van der Waals surface area contributed by atoms with Crippen LogP contribution in [0, 0.1) is 5.82 Å². The zero-order valence-electron chi connectivity index (χ0n) is 12.4. The molecule has 0 saturated carbocycles. The van der Waals surface area contributed by atoms with E-state index in [9.17, 15) is 9.50 Å². The Morgan fingerprint density at radius 2 is 2.38 bits per heavy atom. The van der Waals surface area contributed by atoms with Crippen molar-refractivity contribution in [2.24, 2.45) is 0 Å². The lowest BCUT2D eigenvalue weighted by Gasteiger charge is -2.18. The van der Waals surface area contributed by atoms with E-state index in [2.05, 4.69) is 5.32 Å². The molecule has 1 saturated heterocycles. The summed E-state index contributed by atoms with van der Waals surface area (Å²) in [6.07, 6.45) is 1.72. The first-order valence-corrected chi connectivity index (χ1v) is 7.51. The molecule has 21 heavy (non-hydrogen) atoms. The highest BCUT2D eigenvalue weighted by molar-refractivity contribution is 5.19. The average molecular weight is 297 g/mol. The highest BCUT2D eigenvalue weighted by atomic mass is 19.1. The Kier molecular flexibility index (Phi) is 6.57. The van der Waals surface area contributed by atoms with Gasteiger partial charge in [-0.15, -0.1) is 0 Å². The monoisotopic (exact) mass is 297 g/mol. The highest BCUT2D eigenvalue weighted by Crippen LogP contribution is 2.14. The van der Waals surface area contributed by atoms with E-state index in [1.807, 2.05) is 13.0 Å². The maximum absolute atomic E-state index is 13.1.